The molecule has 1 saturated heterocycles. The second-order valence-electron chi connectivity index (χ2n) is 6.34. The Hall–Kier alpha value is 0.270. The van der Waals surface area contributed by atoms with Crippen LogP contribution < -0.4 is 5.32 Å². The van der Waals surface area contributed by atoms with Gasteiger partial charge in [0.2, 0.25) is 0 Å². The Bertz CT molecular complexity index is 231. The van der Waals surface area contributed by atoms with E-state index in [1.54, 1.807) is 0 Å². The topological polar surface area (TPSA) is 15.3 Å². The monoisotopic (exact) mass is 286 g/mol. The van der Waals surface area contributed by atoms with Crippen molar-refractivity contribution in [3.8, 4) is 0 Å². The Morgan fingerprint density at radius 1 is 1.11 bits per heavy atom. The predicted octanol–water partition coefficient (Wildman–Crippen LogP) is 3.62. The minimum absolute atomic E-state index is 0.469. The van der Waals surface area contributed by atoms with E-state index in [4.69, 9.17) is 0 Å². The molecule has 1 fully saturated rings. The minimum atomic E-state index is 0.469. The van der Waals surface area contributed by atoms with Gasteiger partial charge in [-0.05, 0) is 31.2 Å². The van der Waals surface area contributed by atoms with Gasteiger partial charge in [-0.2, -0.15) is 11.8 Å². The third-order valence-corrected chi connectivity index (χ3v) is 5.71. The lowest BCUT2D eigenvalue weighted by atomic mass is 9.81. The van der Waals surface area contributed by atoms with E-state index < -0.39 is 0 Å². The van der Waals surface area contributed by atoms with Crippen molar-refractivity contribution < 1.29 is 0 Å². The molecule has 19 heavy (non-hydrogen) atoms. The average Bonchev–Trinajstić information content (AvgIpc) is 2.36. The first-order valence-corrected chi connectivity index (χ1v) is 9.08. The third kappa shape index (κ3) is 5.65. The highest BCUT2D eigenvalue weighted by Gasteiger charge is 2.31. The maximum absolute atomic E-state index is 3.66. The standard InChI is InChI=1S/C16H34N2S/c1-6-9-17-12-16(7-2,8-3)13-18-10-14(4)19-15(5)11-18/h14-15,17H,6-13H2,1-5H3. The van der Waals surface area contributed by atoms with Gasteiger partial charge in [-0.1, -0.05) is 34.6 Å². The van der Waals surface area contributed by atoms with Crippen LogP contribution in [-0.4, -0.2) is 48.1 Å². The maximum Gasteiger partial charge on any atom is 0.0149 e. The highest BCUT2D eigenvalue weighted by atomic mass is 32.2. The molecule has 1 N–H and O–H groups in total. The zero-order valence-electron chi connectivity index (χ0n) is 13.7. The van der Waals surface area contributed by atoms with Crippen molar-refractivity contribution in [2.24, 2.45) is 5.41 Å². The van der Waals surface area contributed by atoms with Crippen molar-refractivity contribution in [2.45, 2.75) is 64.4 Å². The molecule has 2 unspecified atom stereocenters. The largest absolute Gasteiger partial charge is 0.316 e. The van der Waals surface area contributed by atoms with Crippen LogP contribution in [0.15, 0.2) is 0 Å². The van der Waals surface area contributed by atoms with Crippen molar-refractivity contribution >= 4 is 11.8 Å². The second-order valence-corrected chi connectivity index (χ2v) is 8.22. The van der Waals surface area contributed by atoms with E-state index in [0.29, 0.717) is 5.41 Å². The zero-order valence-corrected chi connectivity index (χ0v) is 14.5. The van der Waals surface area contributed by atoms with E-state index in [0.717, 1.165) is 17.0 Å². The normalized spacial score (nSPS) is 25.7. The first-order valence-electron chi connectivity index (χ1n) is 8.13. The van der Waals surface area contributed by atoms with Crippen molar-refractivity contribution in [3.63, 3.8) is 0 Å². The van der Waals surface area contributed by atoms with Gasteiger partial charge >= 0.3 is 0 Å². The van der Waals surface area contributed by atoms with Crippen LogP contribution in [0.25, 0.3) is 0 Å². The summed E-state index contributed by atoms with van der Waals surface area (Å²) in [6.45, 7) is 17.9. The summed E-state index contributed by atoms with van der Waals surface area (Å²) < 4.78 is 0. The molecule has 0 spiro atoms. The molecule has 0 aliphatic carbocycles. The van der Waals surface area contributed by atoms with Gasteiger partial charge in [0.25, 0.3) is 0 Å². The van der Waals surface area contributed by atoms with Gasteiger partial charge in [0.05, 0.1) is 0 Å². The lowest BCUT2D eigenvalue weighted by molar-refractivity contribution is 0.133. The molecule has 0 aromatic heterocycles. The summed E-state index contributed by atoms with van der Waals surface area (Å²) in [6.07, 6.45) is 3.80. The Morgan fingerprint density at radius 3 is 2.16 bits per heavy atom. The van der Waals surface area contributed by atoms with E-state index in [1.165, 1.54) is 45.4 Å². The van der Waals surface area contributed by atoms with E-state index in [9.17, 15) is 0 Å². The summed E-state index contributed by atoms with van der Waals surface area (Å²) in [4.78, 5) is 2.71. The molecule has 2 nitrogen and oxygen atoms in total. The van der Waals surface area contributed by atoms with Crippen molar-refractivity contribution in [2.75, 3.05) is 32.7 Å². The first kappa shape index (κ1) is 17.3. The van der Waals surface area contributed by atoms with Gasteiger partial charge in [-0.15, -0.1) is 0 Å². The summed E-state index contributed by atoms with van der Waals surface area (Å²) in [5, 5.41) is 5.24. The highest BCUT2D eigenvalue weighted by Crippen LogP contribution is 2.31. The van der Waals surface area contributed by atoms with Gasteiger partial charge in [-0.25, -0.2) is 0 Å². The number of nitrogens with zero attached hydrogens (tertiary/aromatic N) is 1. The Kier molecular flexibility index (Phi) is 7.78. The van der Waals surface area contributed by atoms with Crippen LogP contribution in [-0.2, 0) is 0 Å². The smallest absolute Gasteiger partial charge is 0.0149 e. The summed E-state index contributed by atoms with van der Waals surface area (Å²) in [5.74, 6) is 0. The molecule has 0 amide bonds. The molecule has 3 heteroatoms. The van der Waals surface area contributed by atoms with Gasteiger partial charge in [0.1, 0.15) is 0 Å². The fourth-order valence-electron chi connectivity index (χ4n) is 3.20. The molecule has 1 rings (SSSR count). The lowest BCUT2D eigenvalue weighted by Gasteiger charge is -2.42. The highest BCUT2D eigenvalue weighted by molar-refractivity contribution is 8.00. The lowest BCUT2D eigenvalue weighted by Crippen LogP contribution is -2.49. The average molecular weight is 287 g/mol. The molecular weight excluding hydrogens is 252 g/mol. The third-order valence-electron chi connectivity index (χ3n) is 4.48. The number of rotatable bonds is 8. The molecule has 1 heterocycles. The fourth-order valence-corrected chi connectivity index (χ4v) is 4.58. The summed E-state index contributed by atoms with van der Waals surface area (Å²) in [5.41, 5.74) is 0.469. The molecule has 0 aromatic carbocycles. The molecular formula is C16H34N2S. The molecule has 2 atom stereocenters. The van der Waals surface area contributed by atoms with Crippen LogP contribution in [0.5, 0.6) is 0 Å². The van der Waals surface area contributed by atoms with Gasteiger partial charge in [0.15, 0.2) is 0 Å². The SMILES string of the molecule is CCCNCC(CC)(CC)CN1CC(C)SC(C)C1. The van der Waals surface area contributed by atoms with Crippen LogP contribution in [0, 0.1) is 5.41 Å². The van der Waals surface area contributed by atoms with E-state index in [2.05, 4.69) is 56.6 Å². The Balaban J connectivity index is 2.55. The fraction of sp³-hybridized carbons (Fsp3) is 1.00. The molecule has 0 bridgehead atoms. The molecule has 1 aliphatic heterocycles. The van der Waals surface area contributed by atoms with Crippen LogP contribution >= 0.6 is 11.8 Å². The van der Waals surface area contributed by atoms with Crippen LogP contribution in [0.3, 0.4) is 0 Å². The van der Waals surface area contributed by atoms with E-state index in [-0.39, 0.29) is 0 Å². The summed E-state index contributed by atoms with van der Waals surface area (Å²) in [6, 6.07) is 0. The maximum atomic E-state index is 3.66. The quantitative estimate of drug-likeness (QED) is 0.686. The molecule has 0 radical (unpaired) electrons. The van der Waals surface area contributed by atoms with Gasteiger partial charge in [0, 0.05) is 36.7 Å². The van der Waals surface area contributed by atoms with Crippen molar-refractivity contribution in [1.29, 1.82) is 0 Å². The minimum Gasteiger partial charge on any atom is -0.316 e. The predicted molar refractivity (Wildman–Crippen MR) is 89.1 cm³/mol. The molecule has 1 aliphatic rings. The van der Waals surface area contributed by atoms with Crippen molar-refractivity contribution in [3.05, 3.63) is 0 Å². The number of thioether (sulfide) groups is 1. The van der Waals surface area contributed by atoms with Gasteiger partial charge < -0.3 is 10.2 Å². The number of hydrogen-bond acceptors (Lipinski definition) is 3. The van der Waals surface area contributed by atoms with Crippen LogP contribution in [0.1, 0.15) is 53.9 Å². The van der Waals surface area contributed by atoms with E-state index >= 15 is 0 Å². The summed E-state index contributed by atoms with van der Waals surface area (Å²) in [7, 11) is 0. The number of nitrogens with one attached hydrogen (secondary N) is 1. The second kappa shape index (κ2) is 8.53. The van der Waals surface area contributed by atoms with Crippen LogP contribution in [0.4, 0.5) is 0 Å². The molecule has 0 saturated carbocycles. The van der Waals surface area contributed by atoms with Crippen molar-refractivity contribution in [1.82, 2.24) is 10.2 Å². The van der Waals surface area contributed by atoms with E-state index in [1.807, 2.05) is 0 Å². The Labute approximate surface area is 125 Å². The van der Waals surface area contributed by atoms with Gasteiger partial charge in [-0.3, -0.25) is 0 Å². The Morgan fingerprint density at radius 2 is 1.68 bits per heavy atom. The summed E-state index contributed by atoms with van der Waals surface area (Å²) >= 11 is 2.15. The molecule has 114 valence electrons. The van der Waals surface area contributed by atoms with Crippen LogP contribution in [0.2, 0.25) is 0 Å². The molecule has 0 aromatic rings. The number of hydrogen-bond donors (Lipinski definition) is 1. The zero-order chi connectivity index (χ0) is 14.3. The first-order chi connectivity index (χ1) is 9.05.